The summed E-state index contributed by atoms with van der Waals surface area (Å²) in [5.41, 5.74) is 6.57. The van der Waals surface area contributed by atoms with Crippen LogP contribution < -0.4 is 4.90 Å². The van der Waals surface area contributed by atoms with Gasteiger partial charge in [-0.3, -0.25) is 14.6 Å². The molecule has 1 fully saturated rings. The Balaban J connectivity index is 1.34. The second kappa shape index (κ2) is 8.29. The van der Waals surface area contributed by atoms with E-state index in [0.717, 1.165) is 58.5 Å². The van der Waals surface area contributed by atoms with E-state index in [2.05, 4.69) is 42.0 Å². The molecular formula is C29H29N5O2. The van der Waals surface area contributed by atoms with Crippen LogP contribution in [0.25, 0.3) is 33.3 Å². The molecule has 7 heteroatoms. The van der Waals surface area contributed by atoms with E-state index in [9.17, 15) is 9.59 Å². The van der Waals surface area contributed by atoms with Crippen LogP contribution in [-0.2, 0) is 11.3 Å². The second-order valence-electron chi connectivity index (χ2n) is 10.7. The Morgan fingerprint density at radius 1 is 0.917 bits per heavy atom. The van der Waals surface area contributed by atoms with Crippen molar-refractivity contribution >= 4 is 28.5 Å². The van der Waals surface area contributed by atoms with E-state index in [1.165, 1.54) is 0 Å². The van der Waals surface area contributed by atoms with Crippen molar-refractivity contribution in [2.24, 2.45) is 5.41 Å². The molecule has 0 unspecified atom stereocenters. The number of benzene rings is 1. The minimum atomic E-state index is 0.0211. The number of hydrogen-bond acceptors (Lipinski definition) is 4. The first-order valence-corrected chi connectivity index (χ1v) is 12.4. The lowest BCUT2D eigenvalue weighted by molar-refractivity contribution is -0.120. The highest BCUT2D eigenvalue weighted by atomic mass is 16.2. The summed E-state index contributed by atoms with van der Waals surface area (Å²) in [6.07, 6.45) is 7.02. The summed E-state index contributed by atoms with van der Waals surface area (Å²) >= 11 is 0. The second-order valence-corrected chi connectivity index (χ2v) is 10.7. The lowest BCUT2D eigenvalue weighted by Gasteiger charge is -2.37. The van der Waals surface area contributed by atoms with E-state index < -0.39 is 0 Å². The number of pyridine rings is 2. The molecule has 0 bridgehead atoms. The van der Waals surface area contributed by atoms with Crippen molar-refractivity contribution in [3.8, 4) is 22.3 Å². The van der Waals surface area contributed by atoms with Crippen molar-refractivity contribution in [3.05, 3.63) is 66.7 Å². The largest absolute Gasteiger partial charge is 0.339 e. The van der Waals surface area contributed by atoms with Crippen LogP contribution in [0.4, 0.5) is 5.69 Å². The summed E-state index contributed by atoms with van der Waals surface area (Å²) in [6.45, 7) is 6.57. The quantitative estimate of drug-likeness (QED) is 0.414. The molecule has 0 spiro atoms. The predicted molar refractivity (Wildman–Crippen MR) is 141 cm³/mol. The number of amides is 2. The van der Waals surface area contributed by atoms with Crippen LogP contribution in [0, 0.1) is 5.41 Å². The topological polar surface area (TPSA) is 71.3 Å². The monoisotopic (exact) mass is 479 g/mol. The van der Waals surface area contributed by atoms with Crippen molar-refractivity contribution in [2.75, 3.05) is 25.0 Å². The van der Waals surface area contributed by atoms with E-state index in [1.807, 2.05) is 53.2 Å². The first-order chi connectivity index (χ1) is 17.3. The highest BCUT2D eigenvalue weighted by molar-refractivity contribution is 6.03. The predicted octanol–water partition coefficient (Wildman–Crippen LogP) is 5.00. The number of fused-ring (bicyclic) bond motifs is 3. The van der Waals surface area contributed by atoms with E-state index in [4.69, 9.17) is 0 Å². The summed E-state index contributed by atoms with van der Waals surface area (Å²) in [5, 5.41) is 0.955. The number of piperidine rings is 1. The Labute approximate surface area is 210 Å². The Kier molecular flexibility index (Phi) is 5.18. The molecule has 0 N–H and O–H groups in total. The molecule has 0 radical (unpaired) electrons. The molecule has 2 aliphatic heterocycles. The number of rotatable bonds is 3. The first kappa shape index (κ1) is 22.5. The first-order valence-electron chi connectivity index (χ1n) is 12.4. The third kappa shape index (κ3) is 3.75. The molecule has 1 aromatic carbocycles. The molecule has 6 rings (SSSR count). The molecule has 0 aliphatic carbocycles. The number of nitrogens with zero attached hydrogens (tertiary/aromatic N) is 5. The van der Waals surface area contributed by atoms with Crippen LogP contribution >= 0.6 is 0 Å². The maximum atomic E-state index is 12.7. The van der Waals surface area contributed by atoms with E-state index in [-0.39, 0.29) is 17.2 Å². The number of aromatic nitrogens is 3. The summed E-state index contributed by atoms with van der Waals surface area (Å²) in [4.78, 5) is 38.0. The van der Waals surface area contributed by atoms with Gasteiger partial charge >= 0.3 is 0 Å². The summed E-state index contributed by atoms with van der Waals surface area (Å²) in [5.74, 6) is 0.208. The minimum Gasteiger partial charge on any atom is -0.339 e. The molecule has 4 aromatic rings. The Morgan fingerprint density at radius 2 is 1.69 bits per heavy atom. The van der Waals surface area contributed by atoms with Gasteiger partial charge < -0.3 is 14.4 Å². The molecule has 3 aromatic heterocycles. The van der Waals surface area contributed by atoms with Gasteiger partial charge in [-0.15, -0.1) is 0 Å². The molecule has 182 valence electrons. The van der Waals surface area contributed by atoms with Crippen LogP contribution in [0.3, 0.4) is 0 Å². The fraction of sp³-hybridized carbons (Fsp3) is 0.310. The maximum Gasteiger partial charge on any atom is 0.270 e. The zero-order valence-corrected chi connectivity index (χ0v) is 20.9. The number of carbonyl (C=O) groups excluding carboxylic acids is 2. The smallest absolute Gasteiger partial charge is 0.270 e. The zero-order valence-electron chi connectivity index (χ0n) is 20.9. The molecule has 36 heavy (non-hydrogen) atoms. The molecule has 7 nitrogen and oxygen atoms in total. The van der Waals surface area contributed by atoms with Gasteiger partial charge in [-0.25, -0.2) is 4.98 Å². The number of carbonyl (C=O) groups is 2. The van der Waals surface area contributed by atoms with Gasteiger partial charge in [-0.1, -0.05) is 26.0 Å². The number of hydrogen-bond donors (Lipinski definition) is 0. The van der Waals surface area contributed by atoms with Crippen molar-refractivity contribution in [1.29, 1.82) is 0 Å². The molecule has 2 amide bonds. The van der Waals surface area contributed by atoms with Gasteiger partial charge in [-0.2, -0.15) is 0 Å². The van der Waals surface area contributed by atoms with Crippen LogP contribution in [0.1, 0.15) is 37.2 Å². The van der Waals surface area contributed by atoms with E-state index in [0.29, 0.717) is 18.7 Å². The van der Waals surface area contributed by atoms with Gasteiger partial charge in [0.2, 0.25) is 5.91 Å². The fourth-order valence-corrected chi connectivity index (χ4v) is 5.34. The summed E-state index contributed by atoms with van der Waals surface area (Å²) in [6, 6.07) is 14.2. The lowest BCUT2D eigenvalue weighted by Crippen LogP contribution is -2.44. The lowest BCUT2D eigenvalue weighted by atomic mass is 9.83. The Morgan fingerprint density at radius 3 is 2.50 bits per heavy atom. The maximum absolute atomic E-state index is 12.7. The van der Waals surface area contributed by atoms with Crippen LogP contribution in [0.2, 0.25) is 0 Å². The minimum absolute atomic E-state index is 0.0211. The van der Waals surface area contributed by atoms with Gasteiger partial charge in [0.1, 0.15) is 11.3 Å². The van der Waals surface area contributed by atoms with E-state index >= 15 is 0 Å². The normalized spacial score (nSPS) is 17.5. The Bertz CT molecular complexity index is 1500. The molecule has 1 saturated heterocycles. The van der Waals surface area contributed by atoms with Crippen molar-refractivity contribution in [3.63, 3.8) is 0 Å². The van der Waals surface area contributed by atoms with Gasteiger partial charge in [0, 0.05) is 73.9 Å². The van der Waals surface area contributed by atoms with Crippen LogP contribution in [0.15, 0.2) is 61.1 Å². The van der Waals surface area contributed by atoms with Crippen molar-refractivity contribution in [1.82, 2.24) is 19.4 Å². The highest BCUT2D eigenvalue weighted by Gasteiger charge is 2.32. The van der Waals surface area contributed by atoms with Gasteiger partial charge in [-0.05, 0) is 53.3 Å². The van der Waals surface area contributed by atoms with Crippen LogP contribution in [0.5, 0.6) is 0 Å². The SMILES string of the molecule is CN1CCn2c(cc3c(-c4cncc(-c5ccc(N6CC(C)(C)CCC6=O)cc5)c4)ccnc32)C1=O. The zero-order chi connectivity index (χ0) is 25.0. The highest BCUT2D eigenvalue weighted by Crippen LogP contribution is 2.35. The summed E-state index contributed by atoms with van der Waals surface area (Å²) < 4.78 is 2.01. The molecule has 5 heterocycles. The third-order valence-electron chi connectivity index (χ3n) is 7.49. The van der Waals surface area contributed by atoms with Gasteiger partial charge in [0.15, 0.2) is 0 Å². The molecule has 0 atom stereocenters. The van der Waals surface area contributed by atoms with Crippen molar-refractivity contribution < 1.29 is 9.59 Å². The third-order valence-corrected chi connectivity index (χ3v) is 7.49. The summed E-state index contributed by atoms with van der Waals surface area (Å²) in [7, 11) is 1.83. The Hall–Kier alpha value is -4.00. The standard InChI is InChI=1S/C29H29N5O2/c1-29(2)10-8-26(35)34(18-29)22-6-4-19(5-7-22)20-14-21(17-30-16-20)23-9-11-31-27-24(23)15-25-28(36)32(3)12-13-33(25)27/h4-7,9,11,14-17H,8,10,12-13,18H2,1-3H3. The molecule has 2 aliphatic rings. The number of likely N-dealkylation sites (N-methyl/N-ethyl adjacent to an activating group) is 1. The average Bonchev–Trinajstić information content (AvgIpc) is 3.27. The van der Waals surface area contributed by atoms with Crippen LogP contribution in [-0.4, -0.2) is 51.4 Å². The average molecular weight is 480 g/mol. The number of anilines is 1. The molecule has 0 saturated carbocycles. The van der Waals surface area contributed by atoms with E-state index in [1.54, 1.807) is 11.1 Å². The van der Waals surface area contributed by atoms with Gasteiger partial charge in [0.25, 0.3) is 5.91 Å². The molecular weight excluding hydrogens is 450 g/mol. The van der Waals surface area contributed by atoms with Crippen molar-refractivity contribution in [2.45, 2.75) is 33.2 Å². The fourth-order valence-electron chi connectivity index (χ4n) is 5.34. The van der Waals surface area contributed by atoms with Gasteiger partial charge in [0.05, 0.1) is 0 Å².